The van der Waals surface area contributed by atoms with Crippen molar-refractivity contribution in [2.45, 2.75) is 25.4 Å². The van der Waals surface area contributed by atoms with Crippen molar-refractivity contribution in [1.82, 2.24) is 14.5 Å². The number of esters is 1. The molecule has 4 rings (SSSR count). The Morgan fingerprint density at radius 2 is 1.96 bits per heavy atom. The predicted octanol–water partition coefficient (Wildman–Crippen LogP) is 2.86. The molecule has 0 radical (unpaired) electrons. The Morgan fingerprint density at radius 1 is 1.21 bits per heavy atom. The van der Waals surface area contributed by atoms with Crippen LogP contribution in [-0.2, 0) is 27.4 Å². The summed E-state index contributed by atoms with van der Waals surface area (Å²) in [5, 5.41) is 0. The van der Waals surface area contributed by atoms with Crippen molar-refractivity contribution in [3.05, 3.63) is 65.7 Å². The molecule has 7 heteroatoms. The third-order valence-electron chi connectivity index (χ3n) is 5.07. The predicted molar refractivity (Wildman–Crippen MR) is 101 cm³/mol. The van der Waals surface area contributed by atoms with E-state index in [2.05, 4.69) is 0 Å². The molecule has 3 aromatic rings. The number of nitrogens with zero attached hydrogens (tertiary/aromatic N) is 3. The molecule has 2 aromatic carbocycles. The van der Waals surface area contributed by atoms with Crippen molar-refractivity contribution >= 4 is 22.9 Å². The number of carbonyl (C=O) groups is 2. The highest BCUT2D eigenvalue weighted by molar-refractivity contribution is 5.82. The molecular formula is C21H20FN3O3. The van der Waals surface area contributed by atoms with E-state index in [1.807, 2.05) is 28.8 Å². The van der Waals surface area contributed by atoms with Gasteiger partial charge in [-0.3, -0.25) is 9.59 Å². The summed E-state index contributed by atoms with van der Waals surface area (Å²) < 4.78 is 19.8. The van der Waals surface area contributed by atoms with Crippen LogP contribution in [0.3, 0.4) is 0 Å². The molecule has 1 aliphatic heterocycles. The molecule has 144 valence electrons. The maximum atomic E-state index is 13.1. The Labute approximate surface area is 161 Å². The summed E-state index contributed by atoms with van der Waals surface area (Å²) in [7, 11) is 1.35. The average Bonchev–Trinajstić information content (AvgIpc) is 3.24. The number of fused-ring (bicyclic) bond motifs is 1. The zero-order valence-corrected chi connectivity index (χ0v) is 15.5. The SMILES string of the molecule is COC(=O)Cn1c(C2CC(=O)N(Cc3ccc(F)cc3)C2)nc2ccccc21. The molecule has 1 fully saturated rings. The largest absolute Gasteiger partial charge is 0.468 e. The first-order valence-electron chi connectivity index (χ1n) is 9.09. The van der Waals surface area contributed by atoms with Gasteiger partial charge < -0.3 is 14.2 Å². The highest BCUT2D eigenvalue weighted by Crippen LogP contribution is 2.31. The van der Waals surface area contributed by atoms with Gasteiger partial charge in [-0.2, -0.15) is 0 Å². The number of benzene rings is 2. The molecule has 6 nitrogen and oxygen atoms in total. The van der Waals surface area contributed by atoms with Crippen LogP contribution >= 0.6 is 0 Å². The van der Waals surface area contributed by atoms with Gasteiger partial charge in [-0.1, -0.05) is 24.3 Å². The van der Waals surface area contributed by atoms with Crippen LogP contribution in [0.1, 0.15) is 23.7 Å². The Kier molecular flexibility index (Phi) is 4.81. The van der Waals surface area contributed by atoms with Gasteiger partial charge >= 0.3 is 5.97 Å². The minimum absolute atomic E-state index is 0.0194. The zero-order chi connectivity index (χ0) is 19.7. The average molecular weight is 381 g/mol. The lowest BCUT2D eigenvalue weighted by molar-refractivity contribution is -0.141. The van der Waals surface area contributed by atoms with Gasteiger partial charge in [-0.15, -0.1) is 0 Å². The maximum Gasteiger partial charge on any atom is 0.325 e. The highest BCUT2D eigenvalue weighted by atomic mass is 19.1. The van der Waals surface area contributed by atoms with Crippen molar-refractivity contribution in [3.63, 3.8) is 0 Å². The van der Waals surface area contributed by atoms with Crippen LogP contribution in [0.5, 0.6) is 0 Å². The normalized spacial score (nSPS) is 16.7. The quantitative estimate of drug-likeness (QED) is 0.638. The molecule has 2 heterocycles. The van der Waals surface area contributed by atoms with Crippen LogP contribution in [0, 0.1) is 5.82 Å². The van der Waals surface area contributed by atoms with Gasteiger partial charge in [0.2, 0.25) is 5.91 Å². The van der Waals surface area contributed by atoms with Crippen molar-refractivity contribution < 1.29 is 18.7 Å². The lowest BCUT2D eigenvalue weighted by Gasteiger charge is -2.17. The standard InChI is InChI=1S/C21H20FN3O3/c1-28-20(27)13-25-18-5-3-2-4-17(18)23-21(25)15-10-19(26)24(12-15)11-14-6-8-16(22)9-7-14/h2-9,15H,10-13H2,1H3. The second kappa shape index (κ2) is 7.42. The van der Waals surface area contributed by atoms with Crippen molar-refractivity contribution in [1.29, 1.82) is 0 Å². The number of aromatic nitrogens is 2. The molecular weight excluding hydrogens is 361 g/mol. The maximum absolute atomic E-state index is 13.1. The molecule has 0 aliphatic carbocycles. The third kappa shape index (κ3) is 3.47. The molecule has 28 heavy (non-hydrogen) atoms. The number of rotatable bonds is 5. The number of amides is 1. The topological polar surface area (TPSA) is 64.4 Å². The molecule has 0 saturated carbocycles. The van der Waals surface area contributed by atoms with Crippen LogP contribution in [0.15, 0.2) is 48.5 Å². The monoisotopic (exact) mass is 381 g/mol. The molecule has 1 aliphatic rings. The summed E-state index contributed by atoms with van der Waals surface area (Å²) in [5.41, 5.74) is 2.50. The number of hydrogen-bond acceptors (Lipinski definition) is 4. The molecule has 1 amide bonds. The molecule has 0 N–H and O–H groups in total. The van der Waals surface area contributed by atoms with E-state index < -0.39 is 0 Å². The Morgan fingerprint density at radius 3 is 2.71 bits per heavy atom. The van der Waals surface area contributed by atoms with E-state index in [4.69, 9.17) is 9.72 Å². The molecule has 1 unspecified atom stereocenters. The molecule has 0 bridgehead atoms. The van der Waals surface area contributed by atoms with Crippen LogP contribution in [-0.4, -0.2) is 40.0 Å². The van der Waals surface area contributed by atoms with Gasteiger partial charge in [0.1, 0.15) is 18.2 Å². The highest BCUT2D eigenvalue weighted by Gasteiger charge is 2.34. The van der Waals surface area contributed by atoms with E-state index in [0.29, 0.717) is 25.3 Å². The number of methoxy groups -OCH3 is 1. The minimum atomic E-state index is -0.364. The summed E-state index contributed by atoms with van der Waals surface area (Å²) in [4.78, 5) is 30.9. The van der Waals surface area contributed by atoms with Gasteiger partial charge in [0, 0.05) is 25.4 Å². The van der Waals surface area contributed by atoms with Gasteiger partial charge in [-0.05, 0) is 29.8 Å². The van der Waals surface area contributed by atoms with E-state index in [-0.39, 0.29) is 30.2 Å². The number of para-hydroxylation sites is 2. The Bertz CT molecular complexity index is 1030. The first-order valence-corrected chi connectivity index (χ1v) is 9.09. The third-order valence-corrected chi connectivity index (χ3v) is 5.07. The lowest BCUT2D eigenvalue weighted by atomic mass is 10.1. The second-order valence-electron chi connectivity index (χ2n) is 6.92. The van der Waals surface area contributed by atoms with E-state index in [1.165, 1.54) is 19.2 Å². The fourth-order valence-electron chi connectivity index (χ4n) is 3.67. The van der Waals surface area contributed by atoms with E-state index >= 15 is 0 Å². The molecule has 0 spiro atoms. The van der Waals surface area contributed by atoms with Crippen LogP contribution < -0.4 is 0 Å². The number of hydrogen-bond donors (Lipinski definition) is 0. The summed E-state index contributed by atoms with van der Waals surface area (Å²) in [5.74, 6) is -0.0552. The van der Waals surface area contributed by atoms with Crippen LogP contribution in [0.25, 0.3) is 11.0 Å². The van der Waals surface area contributed by atoms with Crippen molar-refractivity contribution in [2.24, 2.45) is 0 Å². The van der Waals surface area contributed by atoms with Gasteiger partial charge in [-0.25, -0.2) is 9.37 Å². The summed E-state index contributed by atoms with van der Waals surface area (Å²) in [6.07, 6.45) is 0.325. The number of ether oxygens (including phenoxy) is 1. The smallest absolute Gasteiger partial charge is 0.325 e. The molecule has 1 aromatic heterocycles. The van der Waals surface area contributed by atoms with Crippen LogP contribution in [0.4, 0.5) is 4.39 Å². The first-order chi connectivity index (χ1) is 13.5. The van der Waals surface area contributed by atoms with E-state index in [1.54, 1.807) is 17.0 Å². The molecule has 1 saturated heterocycles. The number of carbonyl (C=O) groups excluding carboxylic acids is 2. The Balaban J connectivity index is 1.61. The summed E-state index contributed by atoms with van der Waals surface area (Å²) in [6, 6.07) is 13.7. The Hall–Kier alpha value is -3.22. The number of imidazole rings is 1. The van der Waals surface area contributed by atoms with Gasteiger partial charge in [0.25, 0.3) is 0 Å². The van der Waals surface area contributed by atoms with E-state index in [9.17, 15) is 14.0 Å². The lowest BCUT2D eigenvalue weighted by Crippen LogP contribution is -2.24. The minimum Gasteiger partial charge on any atom is -0.468 e. The zero-order valence-electron chi connectivity index (χ0n) is 15.5. The van der Waals surface area contributed by atoms with Crippen molar-refractivity contribution in [2.75, 3.05) is 13.7 Å². The first kappa shape index (κ1) is 18.2. The van der Waals surface area contributed by atoms with Gasteiger partial charge in [0.05, 0.1) is 18.1 Å². The van der Waals surface area contributed by atoms with Crippen molar-refractivity contribution in [3.8, 4) is 0 Å². The fraction of sp³-hybridized carbons (Fsp3) is 0.286. The number of likely N-dealkylation sites (tertiary alicyclic amines) is 1. The summed E-state index contributed by atoms with van der Waals surface area (Å²) in [6.45, 7) is 0.975. The van der Waals surface area contributed by atoms with Crippen LogP contribution in [0.2, 0.25) is 0 Å². The number of halogens is 1. The fourth-order valence-corrected chi connectivity index (χ4v) is 3.67. The van der Waals surface area contributed by atoms with E-state index in [0.717, 1.165) is 16.6 Å². The van der Waals surface area contributed by atoms with Gasteiger partial charge in [0.15, 0.2) is 0 Å². The molecule has 1 atom stereocenters. The second-order valence-corrected chi connectivity index (χ2v) is 6.92. The summed E-state index contributed by atoms with van der Waals surface area (Å²) >= 11 is 0.